The van der Waals surface area contributed by atoms with Gasteiger partial charge in [0.05, 0.1) is 12.8 Å². The van der Waals surface area contributed by atoms with Crippen LogP contribution in [-0.4, -0.2) is 41.3 Å². The molecule has 0 saturated carbocycles. The first-order chi connectivity index (χ1) is 8.73. The van der Waals surface area contributed by atoms with Gasteiger partial charge in [-0.3, -0.25) is 0 Å². The number of nitrogens with zero attached hydrogens (tertiary/aromatic N) is 1. The Morgan fingerprint density at radius 3 is 2.47 bits per heavy atom. The summed E-state index contributed by atoms with van der Waals surface area (Å²) in [6.07, 6.45) is 1.93. The number of anilines is 2. The predicted octanol–water partition coefficient (Wildman–Crippen LogP) is 1.37. The summed E-state index contributed by atoms with van der Waals surface area (Å²) in [6, 6.07) is 0. The fraction of sp³-hybridized carbons (Fsp3) is 0.545. The Labute approximate surface area is 117 Å². The lowest BCUT2D eigenvalue weighted by Gasteiger charge is -2.17. The van der Waals surface area contributed by atoms with Crippen LogP contribution >= 0.6 is 11.3 Å². The number of methoxy groups -OCH3 is 1. The maximum Gasteiger partial charge on any atom is 0.350 e. The number of esters is 1. The van der Waals surface area contributed by atoms with Crippen molar-refractivity contribution < 1.29 is 17.9 Å². The minimum absolute atomic E-state index is 0.00819. The second kappa shape index (κ2) is 5.79. The molecule has 0 aromatic carbocycles. The number of sulfone groups is 1. The second-order valence-electron chi connectivity index (χ2n) is 4.16. The van der Waals surface area contributed by atoms with Crippen LogP contribution in [0.4, 0.5) is 10.7 Å². The van der Waals surface area contributed by atoms with Crippen molar-refractivity contribution in [3.8, 4) is 0 Å². The topological polar surface area (TPSA) is 89.7 Å². The molecule has 0 amide bonds. The molecular weight excluding hydrogens is 288 g/mol. The van der Waals surface area contributed by atoms with E-state index >= 15 is 0 Å². The smallest absolute Gasteiger partial charge is 0.350 e. The lowest BCUT2D eigenvalue weighted by Crippen LogP contribution is -2.19. The van der Waals surface area contributed by atoms with Crippen LogP contribution in [0.1, 0.15) is 23.0 Å². The number of hydrogen-bond acceptors (Lipinski definition) is 7. The van der Waals surface area contributed by atoms with Gasteiger partial charge in [0.15, 0.2) is 9.84 Å². The maximum atomic E-state index is 11.9. The standard InChI is InChI=1S/C11H18N2O4S2/c1-5-6-13(2)10-9(19(4,15)16)7(12)8(18-10)11(14)17-3/h5-6,12H2,1-4H3. The van der Waals surface area contributed by atoms with Gasteiger partial charge in [-0.05, 0) is 6.42 Å². The summed E-state index contributed by atoms with van der Waals surface area (Å²) < 4.78 is 28.3. The molecule has 1 aromatic heterocycles. The molecule has 0 radical (unpaired) electrons. The Hall–Kier alpha value is -1.28. The third kappa shape index (κ3) is 3.19. The third-order valence-electron chi connectivity index (χ3n) is 2.53. The molecule has 8 heteroatoms. The highest BCUT2D eigenvalue weighted by atomic mass is 32.2. The van der Waals surface area contributed by atoms with Gasteiger partial charge in [-0.25, -0.2) is 13.2 Å². The Balaban J connectivity index is 3.49. The van der Waals surface area contributed by atoms with Gasteiger partial charge in [-0.1, -0.05) is 6.92 Å². The van der Waals surface area contributed by atoms with Crippen molar-refractivity contribution in [3.63, 3.8) is 0 Å². The zero-order chi connectivity index (χ0) is 14.8. The summed E-state index contributed by atoms with van der Waals surface area (Å²) in [6.45, 7) is 2.65. The van der Waals surface area contributed by atoms with E-state index in [1.165, 1.54) is 7.11 Å². The molecule has 0 spiro atoms. The van der Waals surface area contributed by atoms with E-state index in [0.717, 1.165) is 24.0 Å². The number of carbonyl (C=O) groups excluding carboxylic acids is 1. The van der Waals surface area contributed by atoms with Gasteiger partial charge < -0.3 is 15.4 Å². The van der Waals surface area contributed by atoms with E-state index < -0.39 is 15.8 Å². The fourth-order valence-corrected chi connectivity index (χ4v) is 4.35. The van der Waals surface area contributed by atoms with Crippen LogP contribution in [0.2, 0.25) is 0 Å². The molecule has 6 nitrogen and oxygen atoms in total. The van der Waals surface area contributed by atoms with E-state index in [0.29, 0.717) is 11.5 Å². The van der Waals surface area contributed by atoms with Gasteiger partial charge in [0, 0.05) is 19.8 Å². The van der Waals surface area contributed by atoms with Crippen LogP contribution in [0.3, 0.4) is 0 Å². The Morgan fingerprint density at radius 1 is 1.47 bits per heavy atom. The molecule has 108 valence electrons. The van der Waals surface area contributed by atoms with Crippen LogP contribution in [0.5, 0.6) is 0 Å². The number of nitrogens with two attached hydrogens (primary N) is 1. The molecule has 0 atom stereocenters. The van der Waals surface area contributed by atoms with E-state index in [4.69, 9.17) is 5.73 Å². The molecule has 1 rings (SSSR count). The van der Waals surface area contributed by atoms with Crippen molar-refractivity contribution in [3.05, 3.63) is 4.88 Å². The molecule has 0 unspecified atom stereocenters. The Bertz CT molecular complexity index is 578. The summed E-state index contributed by atoms with van der Waals surface area (Å²) in [4.78, 5) is 13.5. The second-order valence-corrected chi connectivity index (χ2v) is 7.12. The minimum Gasteiger partial charge on any atom is -0.465 e. The number of carbonyl (C=O) groups is 1. The average molecular weight is 306 g/mol. The Kier molecular flexibility index (Phi) is 4.81. The molecule has 0 saturated heterocycles. The van der Waals surface area contributed by atoms with Gasteiger partial charge in [-0.2, -0.15) is 0 Å². The fourth-order valence-electron chi connectivity index (χ4n) is 1.71. The lowest BCUT2D eigenvalue weighted by atomic mass is 10.3. The lowest BCUT2D eigenvalue weighted by molar-refractivity contribution is 0.0607. The van der Waals surface area contributed by atoms with Crippen molar-refractivity contribution in [2.24, 2.45) is 0 Å². The SMILES string of the molecule is CCCN(C)c1sc(C(=O)OC)c(N)c1S(C)(=O)=O. The molecule has 0 aliphatic heterocycles. The van der Waals surface area contributed by atoms with E-state index in [2.05, 4.69) is 4.74 Å². The van der Waals surface area contributed by atoms with E-state index in [-0.39, 0.29) is 15.5 Å². The molecule has 2 N–H and O–H groups in total. The third-order valence-corrected chi connectivity index (χ3v) is 5.11. The normalized spacial score (nSPS) is 11.4. The number of thiophene rings is 1. The zero-order valence-electron chi connectivity index (χ0n) is 11.4. The van der Waals surface area contributed by atoms with Gasteiger partial charge >= 0.3 is 5.97 Å². The van der Waals surface area contributed by atoms with Gasteiger partial charge in [0.1, 0.15) is 14.8 Å². The molecule has 0 fully saturated rings. The molecule has 0 aliphatic rings. The molecule has 1 aromatic rings. The zero-order valence-corrected chi connectivity index (χ0v) is 13.0. The number of nitrogen functional groups attached to an aromatic ring is 1. The summed E-state index contributed by atoms with van der Waals surface area (Å²) in [5.74, 6) is -0.622. The van der Waals surface area contributed by atoms with Crippen LogP contribution in [0.15, 0.2) is 4.90 Å². The predicted molar refractivity (Wildman–Crippen MR) is 76.7 cm³/mol. The quantitative estimate of drug-likeness (QED) is 0.826. The molecule has 1 heterocycles. The molecular formula is C11H18N2O4S2. The van der Waals surface area contributed by atoms with Crippen molar-refractivity contribution in [2.45, 2.75) is 18.2 Å². The summed E-state index contributed by atoms with van der Waals surface area (Å²) in [5.41, 5.74) is 5.77. The molecule has 0 bridgehead atoms. The van der Waals surface area contributed by atoms with Crippen LogP contribution in [-0.2, 0) is 14.6 Å². The highest BCUT2D eigenvalue weighted by Gasteiger charge is 2.29. The van der Waals surface area contributed by atoms with Crippen molar-refractivity contribution in [1.29, 1.82) is 0 Å². The Morgan fingerprint density at radius 2 is 2.05 bits per heavy atom. The summed E-state index contributed by atoms with van der Waals surface area (Å²) in [5, 5.41) is 0.474. The summed E-state index contributed by atoms with van der Waals surface area (Å²) in [7, 11) is -0.511. The van der Waals surface area contributed by atoms with E-state index in [1.807, 2.05) is 6.92 Å². The largest absolute Gasteiger partial charge is 0.465 e. The first kappa shape index (κ1) is 15.8. The van der Waals surface area contributed by atoms with Gasteiger partial charge in [-0.15, -0.1) is 11.3 Å². The van der Waals surface area contributed by atoms with Crippen LogP contribution in [0, 0.1) is 0 Å². The first-order valence-corrected chi connectivity index (χ1v) is 8.36. The molecule has 19 heavy (non-hydrogen) atoms. The van der Waals surface area contributed by atoms with E-state index in [1.54, 1.807) is 11.9 Å². The monoisotopic (exact) mass is 306 g/mol. The van der Waals surface area contributed by atoms with Crippen molar-refractivity contribution in [2.75, 3.05) is 37.6 Å². The minimum atomic E-state index is -3.51. The summed E-state index contributed by atoms with van der Waals surface area (Å²) >= 11 is 1.04. The van der Waals surface area contributed by atoms with Crippen molar-refractivity contribution in [1.82, 2.24) is 0 Å². The highest BCUT2D eigenvalue weighted by Crippen LogP contribution is 2.41. The number of rotatable bonds is 5. The van der Waals surface area contributed by atoms with Gasteiger partial charge in [0.25, 0.3) is 0 Å². The van der Waals surface area contributed by atoms with Crippen LogP contribution in [0.25, 0.3) is 0 Å². The maximum absolute atomic E-state index is 11.9. The van der Waals surface area contributed by atoms with Crippen LogP contribution < -0.4 is 10.6 Å². The number of hydrogen-bond donors (Lipinski definition) is 1. The first-order valence-electron chi connectivity index (χ1n) is 5.65. The van der Waals surface area contributed by atoms with Gasteiger partial charge in [0.2, 0.25) is 0 Å². The average Bonchev–Trinajstić information content (AvgIpc) is 2.66. The van der Waals surface area contributed by atoms with Crippen molar-refractivity contribution >= 4 is 37.8 Å². The highest BCUT2D eigenvalue weighted by molar-refractivity contribution is 7.91. The van der Waals surface area contributed by atoms with E-state index in [9.17, 15) is 13.2 Å². The molecule has 0 aliphatic carbocycles. The number of ether oxygens (including phenoxy) is 1.